The van der Waals surface area contributed by atoms with Gasteiger partial charge in [0.2, 0.25) is 0 Å². The second-order valence-electron chi connectivity index (χ2n) is 5.41. The van der Waals surface area contributed by atoms with E-state index in [4.69, 9.17) is 9.52 Å². The van der Waals surface area contributed by atoms with Gasteiger partial charge in [0.15, 0.2) is 0 Å². The molecule has 0 radical (unpaired) electrons. The van der Waals surface area contributed by atoms with Crippen molar-refractivity contribution >= 4 is 22.7 Å². The molecule has 2 N–H and O–H groups in total. The van der Waals surface area contributed by atoms with Gasteiger partial charge in [-0.2, -0.15) is 11.8 Å². The molecular formula is C16H18O4S. The summed E-state index contributed by atoms with van der Waals surface area (Å²) in [4.78, 5) is 11.7. The molecule has 1 unspecified atom stereocenters. The highest BCUT2D eigenvalue weighted by Gasteiger charge is 2.15. The summed E-state index contributed by atoms with van der Waals surface area (Å²) >= 11 is 1.51. The number of hydrogen-bond donors (Lipinski definition) is 2. The maximum atomic E-state index is 11.7. The van der Waals surface area contributed by atoms with Crippen LogP contribution in [0.3, 0.4) is 0 Å². The first-order valence-electron chi connectivity index (χ1n) is 7.12. The van der Waals surface area contributed by atoms with Crippen LogP contribution >= 0.6 is 11.8 Å². The lowest BCUT2D eigenvalue weighted by Crippen LogP contribution is -2.14. The molecule has 112 valence electrons. The summed E-state index contributed by atoms with van der Waals surface area (Å²) in [5, 5.41) is 19.2. The molecule has 0 saturated carbocycles. The van der Waals surface area contributed by atoms with Crippen molar-refractivity contribution in [2.75, 3.05) is 12.4 Å². The minimum Gasteiger partial charge on any atom is -0.423 e. The number of thioether (sulfide) groups is 1. The van der Waals surface area contributed by atoms with Crippen LogP contribution in [0, 0.1) is 0 Å². The van der Waals surface area contributed by atoms with Crippen LogP contribution in [0.1, 0.15) is 23.1 Å². The lowest BCUT2D eigenvalue weighted by Gasteiger charge is -2.09. The van der Waals surface area contributed by atoms with Gasteiger partial charge in [-0.25, -0.2) is 4.79 Å². The highest BCUT2D eigenvalue weighted by atomic mass is 32.2. The summed E-state index contributed by atoms with van der Waals surface area (Å²) in [7, 11) is 0. The number of benzene rings is 1. The Morgan fingerprint density at radius 3 is 2.76 bits per heavy atom. The summed E-state index contributed by atoms with van der Waals surface area (Å²) in [6.07, 6.45) is 2.57. The van der Waals surface area contributed by atoms with Gasteiger partial charge in [0.1, 0.15) is 5.58 Å². The maximum absolute atomic E-state index is 11.7. The van der Waals surface area contributed by atoms with Gasteiger partial charge in [-0.3, -0.25) is 0 Å². The van der Waals surface area contributed by atoms with Gasteiger partial charge in [0.25, 0.3) is 0 Å². The van der Waals surface area contributed by atoms with E-state index in [-0.39, 0.29) is 12.2 Å². The first kappa shape index (κ1) is 14.6. The average molecular weight is 306 g/mol. The zero-order chi connectivity index (χ0) is 14.8. The number of aliphatic hydroxyl groups excluding tert-OH is 2. The third-order valence-corrected chi connectivity index (χ3v) is 4.96. The van der Waals surface area contributed by atoms with E-state index in [1.807, 2.05) is 6.07 Å². The van der Waals surface area contributed by atoms with Crippen molar-refractivity contribution in [3.63, 3.8) is 0 Å². The molecule has 0 spiro atoms. The van der Waals surface area contributed by atoms with E-state index in [1.165, 1.54) is 29.0 Å². The van der Waals surface area contributed by atoms with E-state index in [0.717, 1.165) is 30.2 Å². The zero-order valence-corrected chi connectivity index (χ0v) is 12.5. The maximum Gasteiger partial charge on any atom is 0.336 e. The van der Waals surface area contributed by atoms with Gasteiger partial charge in [-0.1, -0.05) is 0 Å². The standard InChI is InChI=1S/C16H18O4S/c17-7-13(18)9-21-8-12-6-16(19)20-15-5-11-3-1-2-10(11)4-14(12)15/h4-6,13,17-18H,1-3,7-9H2. The normalized spacial score (nSPS) is 15.3. The van der Waals surface area contributed by atoms with Crippen LogP contribution in [0.5, 0.6) is 0 Å². The first-order valence-corrected chi connectivity index (χ1v) is 8.28. The van der Waals surface area contributed by atoms with Crippen molar-refractivity contribution < 1.29 is 14.6 Å². The Balaban J connectivity index is 1.92. The molecule has 1 aliphatic rings. The molecule has 3 rings (SSSR count). The quantitative estimate of drug-likeness (QED) is 0.825. The van der Waals surface area contributed by atoms with Gasteiger partial charge in [0.05, 0.1) is 12.7 Å². The number of rotatable bonds is 5. The van der Waals surface area contributed by atoms with Crippen molar-refractivity contribution in [3.8, 4) is 0 Å². The van der Waals surface area contributed by atoms with Gasteiger partial charge < -0.3 is 14.6 Å². The molecule has 0 aliphatic heterocycles. The predicted molar refractivity (Wildman–Crippen MR) is 83.8 cm³/mol. The smallest absolute Gasteiger partial charge is 0.336 e. The summed E-state index contributed by atoms with van der Waals surface area (Å²) in [6, 6.07) is 5.66. The Labute approximate surface area is 126 Å². The molecule has 0 bridgehead atoms. The predicted octanol–water partition coefficient (Wildman–Crippen LogP) is 1.87. The SMILES string of the molecule is O=c1cc(CSCC(O)CO)c2cc3c(cc2o1)CCC3. The molecule has 1 aromatic heterocycles. The van der Waals surface area contributed by atoms with Crippen LogP contribution in [-0.4, -0.2) is 28.7 Å². The molecule has 0 amide bonds. The fourth-order valence-corrected chi connectivity index (χ4v) is 3.73. The lowest BCUT2D eigenvalue weighted by atomic mass is 10.0. The van der Waals surface area contributed by atoms with Crippen molar-refractivity contribution in [2.24, 2.45) is 0 Å². The van der Waals surface area contributed by atoms with Crippen molar-refractivity contribution in [1.29, 1.82) is 0 Å². The summed E-state index contributed by atoms with van der Waals surface area (Å²) in [5.41, 5.74) is 3.88. The molecule has 5 heteroatoms. The van der Waals surface area contributed by atoms with Gasteiger partial charge in [-0.15, -0.1) is 0 Å². The summed E-state index contributed by atoms with van der Waals surface area (Å²) < 4.78 is 5.32. The third kappa shape index (κ3) is 3.15. The summed E-state index contributed by atoms with van der Waals surface area (Å²) in [6.45, 7) is -0.238. The Morgan fingerprint density at radius 2 is 2.00 bits per heavy atom. The Hall–Kier alpha value is -1.30. The van der Waals surface area contributed by atoms with Crippen LogP contribution in [0.2, 0.25) is 0 Å². The van der Waals surface area contributed by atoms with E-state index >= 15 is 0 Å². The van der Waals surface area contributed by atoms with Gasteiger partial charge >= 0.3 is 5.63 Å². The number of aryl methyl sites for hydroxylation is 2. The Morgan fingerprint density at radius 1 is 1.24 bits per heavy atom. The molecular weight excluding hydrogens is 288 g/mol. The van der Waals surface area contributed by atoms with Gasteiger partial charge in [0, 0.05) is 23.0 Å². The Kier molecular flexibility index (Phi) is 4.33. The van der Waals surface area contributed by atoms with E-state index in [1.54, 1.807) is 0 Å². The first-order chi connectivity index (χ1) is 10.2. The largest absolute Gasteiger partial charge is 0.423 e. The third-order valence-electron chi connectivity index (χ3n) is 3.82. The van der Waals surface area contributed by atoms with Crippen LogP contribution < -0.4 is 5.63 Å². The lowest BCUT2D eigenvalue weighted by molar-refractivity contribution is 0.113. The summed E-state index contributed by atoms with van der Waals surface area (Å²) in [5.74, 6) is 1.07. The molecule has 21 heavy (non-hydrogen) atoms. The number of fused-ring (bicyclic) bond motifs is 2. The second kappa shape index (κ2) is 6.22. The molecule has 1 aromatic carbocycles. The molecule has 1 heterocycles. The van der Waals surface area contributed by atoms with E-state index in [9.17, 15) is 9.90 Å². The molecule has 1 aliphatic carbocycles. The minimum absolute atomic E-state index is 0.238. The fraction of sp³-hybridized carbons (Fsp3) is 0.438. The highest BCUT2D eigenvalue weighted by molar-refractivity contribution is 7.98. The number of hydrogen-bond acceptors (Lipinski definition) is 5. The fourth-order valence-electron chi connectivity index (χ4n) is 2.77. The topological polar surface area (TPSA) is 70.7 Å². The molecule has 2 aromatic rings. The van der Waals surface area contributed by atoms with Crippen LogP contribution in [0.25, 0.3) is 11.0 Å². The van der Waals surface area contributed by atoms with E-state index in [2.05, 4.69) is 6.07 Å². The monoisotopic (exact) mass is 306 g/mol. The van der Waals surface area contributed by atoms with Crippen LogP contribution in [0.4, 0.5) is 0 Å². The van der Waals surface area contributed by atoms with E-state index < -0.39 is 6.10 Å². The highest BCUT2D eigenvalue weighted by Crippen LogP contribution is 2.29. The second-order valence-corrected chi connectivity index (χ2v) is 6.44. The zero-order valence-electron chi connectivity index (χ0n) is 11.7. The minimum atomic E-state index is -0.717. The molecule has 0 saturated heterocycles. The average Bonchev–Trinajstić information content (AvgIpc) is 2.92. The van der Waals surface area contributed by atoms with Crippen LogP contribution in [-0.2, 0) is 18.6 Å². The molecule has 1 atom stereocenters. The van der Waals surface area contributed by atoms with Gasteiger partial charge in [-0.05, 0) is 48.1 Å². The van der Waals surface area contributed by atoms with Crippen LogP contribution in [0.15, 0.2) is 27.4 Å². The van der Waals surface area contributed by atoms with Crippen molar-refractivity contribution in [1.82, 2.24) is 0 Å². The van der Waals surface area contributed by atoms with E-state index in [0.29, 0.717) is 17.1 Å². The van der Waals surface area contributed by atoms with Crippen molar-refractivity contribution in [2.45, 2.75) is 31.1 Å². The molecule has 0 fully saturated rings. The van der Waals surface area contributed by atoms with Crippen molar-refractivity contribution in [3.05, 3.63) is 45.3 Å². The molecule has 4 nitrogen and oxygen atoms in total. The number of aliphatic hydroxyl groups is 2. The Bertz CT molecular complexity index is 707.